The van der Waals surface area contributed by atoms with E-state index in [2.05, 4.69) is 15.5 Å². The van der Waals surface area contributed by atoms with Crippen molar-refractivity contribution in [2.75, 3.05) is 0 Å². The normalized spacial score (nSPS) is 15.9. The average molecular weight is 320 g/mol. The van der Waals surface area contributed by atoms with E-state index in [4.69, 9.17) is 11.6 Å². The third kappa shape index (κ3) is 2.46. The molecule has 114 valence electrons. The zero-order valence-corrected chi connectivity index (χ0v) is 12.4. The van der Waals surface area contributed by atoms with Crippen molar-refractivity contribution in [3.05, 3.63) is 41.0 Å². The molecule has 0 bridgehead atoms. The predicted octanol–water partition coefficient (Wildman–Crippen LogP) is 2.47. The number of aliphatic carboxylic acids is 1. The van der Waals surface area contributed by atoms with E-state index in [9.17, 15) is 14.7 Å². The van der Waals surface area contributed by atoms with E-state index in [1.807, 2.05) is 6.07 Å². The number of amides is 1. The second-order valence-corrected chi connectivity index (χ2v) is 5.75. The smallest absolute Gasteiger partial charge is 0.329 e. The maximum Gasteiger partial charge on any atom is 0.329 e. The Morgan fingerprint density at radius 1 is 1.32 bits per heavy atom. The highest BCUT2D eigenvalue weighted by Crippen LogP contribution is 2.32. The molecule has 0 radical (unpaired) electrons. The van der Waals surface area contributed by atoms with Gasteiger partial charge >= 0.3 is 5.97 Å². The first-order valence-electron chi connectivity index (χ1n) is 6.88. The molecule has 1 aliphatic carbocycles. The van der Waals surface area contributed by atoms with Crippen molar-refractivity contribution in [1.29, 1.82) is 0 Å². The number of nitrogens with zero attached hydrogens (tertiary/aromatic N) is 1. The Balaban J connectivity index is 1.81. The number of carboxylic acids is 1. The van der Waals surface area contributed by atoms with Crippen LogP contribution < -0.4 is 5.32 Å². The van der Waals surface area contributed by atoms with Gasteiger partial charge in [-0.1, -0.05) is 29.8 Å². The Bertz CT molecular complexity index is 737. The molecule has 0 aliphatic heterocycles. The summed E-state index contributed by atoms with van der Waals surface area (Å²) in [5.74, 6) is -1.48. The van der Waals surface area contributed by atoms with Crippen LogP contribution in [0.3, 0.4) is 0 Å². The summed E-state index contributed by atoms with van der Waals surface area (Å²) in [6.07, 6.45) is 1.68. The molecular formula is C15H14ClN3O3. The van der Waals surface area contributed by atoms with Crippen molar-refractivity contribution in [3.8, 4) is 11.3 Å². The Kier molecular flexibility index (Phi) is 3.62. The molecule has 3 N–H and O–H groups in total. The monoisotopic (exact) mass is 319 g/mol. The molecule has 1 fully saturated rings. The van der Waals surface area contributed by atoms with Gasteiger partial charge in [-0.25, -0.2) is 4.79 Å². The molecule has 2 aromatic rings. The van der Waals surface area contributed by atoms with E-state index in [-0.39, 0.29) is 5.69 Å². The molecule has 0 atom stereocenters. The van der Waals surface area contributed by atoms with E-state index >= 15 is 0 Å². The summed E-state index contributed by atoms with van der Waals surface area (Å²) in [4.78, 5) is 23.5. The molecule has 0 spiro atoms. The highest BCUT2D eigenvalue weighted by Gasteiger charge is 2.46. The minimum atomic E-state index is -1.15. The van der Waals surface area contributed by atoms with Gasteiger partial charge in [-0.3, -0.25) is 9.89 Å². The van der Waals surface area contributed by atoms with Crippen molar-refractivity contribution in [3.63, 3.8) is 0 Å². The van der Waals surface area contributed by atoms with Crippen LogP contribution in [0.1, 0.15) is 29.8 Å². The van der Waals surface area contributed by atoms with E-state index in [1.54, 1.807) is 24.3 Å². The first-order valence-corrected chi connectivity index (χ1v) is 7.26. The van der Waals surface area contributed by atoms with Crippen molar-refractivity contribution >= 4 is 23.5 Å². The quantitative estimate of drug-likeness (QED) is 0.806. The lowest BCUT2D eigenvalue weighted by Crippen LogP contribution is -2.59. The minimum absolute atomic E-state index is 0.211. The fourth-order valence-corrected chi connectivity index (χ4v) is 2.68. The van der Waals surface area contributed by atoms with Gasteiger partial charge in [-0.2, -0.15) is 5.10 Å². The zero-order chi connectivity index (χ0) is 15.7. The van der Waals surface area contributed by atoms with Crippen LogP contribution in [0.4, 0.5) is 0 Å². The number of hydrogen-bond acceptors (Lipinski definition) is 3. The second-order valence-electron chi connectivity index (χ2n) is 5.34. The number of nitrogens with one attached hydrogen (secondary N) is 2. The molecule has 22 heavy (non-hydrogen) atoms. The number of rotatable bonds is 4. The molecule has 0 unspecified atom stereocenters. The third-order valence-corrected chi connectivity index (χ3v) is 4.27. The van der Waals surface area contributed by atoms with Crippen LogP contribution >= 0.6 is 11.6 Å². The SMILES string of the molecule is O=C(NC1(C(=O)O)CCC1)c1cc(-c2ccccc2Cl)n[nH]1. The standard InChI is InChI=1S/C15H14ClN3O3/c16-10-5-2-1-4-9(10)11-8-12(19-18-11)13(20)17-15(14(21)22)6-3-7-15/h1-2,4-5,8H,3,6-7H2,(H,17,20)(H,18,19)(H,21,22). The number of halogens is 1. The van der Waals surface area contributed by atoms with E-state index in [0.29, 0.717) is 29.1 Å². The van der Waals surface area contributed by atoms with Crippen molar-refractivity contribution < 1.29 is 14.7 Å². The molecule has 1 heterocycles. The number of hydrogen-bond donors (Lipinski definition) is 3. The molecular weight excluding hydrogens is 306 g/mol. The topological polar surface area (TPSA) is 95.1 Å². The van der Waals surface area contributed by atoms with Gasteiger partial charge in [-0.15, -0.1) is 0 Å². The first kappa shape index (κ1) is 14.6. The van der Waals surface area contributed by atoms with Crippen molar-refractivity contribution in [1.82, 2.24) is 15.5 Å². The Morgan fingerprint density at radius 2 is 2.05 bits per heavy atom. The van der Waals surface area contributed by atoms with Gasteiger partial charge in [0.1, 0.15) is 11.2 Å². The third-order valence-electron chi connectivity index (χ3n) is 3.94. The van der Waals surface area contributed by atoms with Crippen LogP contribution in [0, 0.1) is 0 Å². The lowest BCUT2D eigenvalue weighted by molar-refractivity contribution is -0.148. The van der Waals surface area contributed by atoms with E-state index in [0.717, 1.165) is 6.42 Å². The van der Waals surface area contributed by atoms with Crippen LogP contribution in [0.5, 0.6) is 0 Å². The minimum Gasteiger partial charge on any atom is -0.480 e. The zero-order valence-electron chi connectivity index (χ0n) is 11.6. The summed E-state index contributed by atoms with van der Waals surface area (Å²) in [5, 5.41) is 19.0. The van der Waals surface area contributed by atoms with Crippen molar-refractivity contribution in [2.24, 2.45) is 0 Å². The number of aromatic nitrogens is 2. The highest BCUT2D eigenvalue weighted by atomic mass is 35.5. The second kappa shape index (κ2) is 5.46. The maximum absolute atomic E-state index is 12.2. The van der Waals surface area contributed by atoms with E-state index in [1.165, 1.54) is 0 Å². The van der Waals surface area contributed by atoms with Gasteiger partial charge in [0.05, 0.1) is 10.7 Å². The highest BCUT2D eigenvalue weighted by molar-refractivity contribution is 6.33. The van der Waals surface area contributed by atoms with Crippen LogP contribution in [0.2, 0.25) is 5.02 Å². The summed E-state index contributed by atoms with van der Waals surface area (Å²) in [6, 6.07) is 8.72. The van der Waals surface area contributed by atoms with E-state index < -0.39 is 17.4 Å². The van der Waals surface area contributed by atoms with Gasteiger partial charge in [0.15, 0.2) is 0 Å². The number of carbonyl (C=O) groups excluding carboxylic acids is 1. The number of aromatic amines is 1. The molecule has 1 amide bonds. The maximum atomic E-state index is 12.2. The lowest BCUT2D eigenvalue weighted by Gasteiger charge is -2.37. The summed E-state index contributed by atoms with van der Waals surface area (Å²) in [7, 11) is 0. The van der Waals surface area contributed by atoms with Gasteiger partial charge in [0, 0.05) is 5.56 Å². The summed E-state index contributed by atoms with van der Waals surface area (Å²) in [6.45, 7) is 0. The van der Waals surface area contributed by atoms with Crippen LogP contribution in [-0.4, -0.2) is 32.7 Å². The molecule has 1 aliphatic rings. The number of carboxylic acid groups (broad SMARTS) is 1. The van der Waals surface area contributed by atoms with Gasteiger partial charge in [0.2, 0.25) is 0 Å². The van der Waals surface area contributed by atoms with Gasteiger partial charge in [-0.05, 0) is 31.4 Å². The Hall–Kier alpha value is -2.34. The first-order chi connectivity index (χ1) is 10.5. The van der Waals surface area contributed by atoms with Crippen LogP contribution in [0.15, 0.2) is 30.3 Å². The summed E-state index contributed by atoms with van der Waals surface area (Å²) in [5.41, 5.74) is 0.305. The predicted molar refractivity (Wildman–Crippen MR) is 80.7 cm³/mol. The summed E-state index contributed by atoms with van der Waals surface area (Å²) >= 11 is 6.10. The molecule has 0 saturated heterocycles. The Labute approximate surface area is 131 Å². The van der Waals surface area contributed by atoms with Crippen molar-refractivity contribution in [2.45, 2.75) is 24.8 Å². The Morgan fingerprint density at radius 3 is 2.64 bits per heavy atom. The molecule has 3 rings (SSSR count). The number of benzene rings is 1. The average Bonchev–Trinajstić information content (AvgIpc) is 2.92. The molecule has 1 saturated carbocycles. The fraction of sp³-hybridized carbons (Fsp3) is 0.267. The lowest BCUT2D eigenvalue weighted by atomic mass is 9.76. The van der Waals surface area contributed by atoms with Crippen LogP contribution in [0.25, 0.3) is 11.3 Å². The molecule has 1 aromatic heterocycles. The van der Waals surface area contributed by atoms with Crippen LogP contribution in [-0.2, 0) is 4.79 Å². The molecule has 7 heteroatoms. The van der Waals surface area contributed by atoms with Gasteiger partial charge < -0.3 is 10.4 Å². The molecule has 1 aromatic carbocycles. The largest absolute Gasteiger partial charge is 0.480 e. The fourth-order valence-electron chi connectivity index (χ4n) is 2.45. The van der Waals surface area contributed by atoms with Gasteiger partial charge in [0.25, 0.3) is 5.91 Å². The summed E-state index contributed by atoms with van der Waals surface area (Å²) < 4.78 is 0. The molecule has 6 nitrogen and oxygen atoms in total. The number of H-pyrrole nitrogens is 1. The number of carbonyl (C=O) groups is 2.